The van der Waals surface area contributed by atoms with Gasteiger partial charge in [0.1, 0.15) is 6.04 Å². The summed E-state index contributed by atoms with van der Waals surface area (Å²) in [6, 6.07) is 2.74. The molecule has 19 heavy (non-hydrogen) atoms. The molecule has 0 aliphatic carbocycles. The van der Waals surface area contributed by atoms with Gasteiger partial charge < -0.3 is 19.9 Å². The lowest BCUT2D eigenvalue weighted by atomic mass is 10.1. The van der Waals surface area contributed by atoms with Crippen LogP contribution in [0.25, 0.3) is 0 Å². The highest BCUT2D eigenvalue weighted by atomic mass is 79.9. The first kappa shape index (κ1) is 14.1. The molecule has 1 aliphatic rings. The number of ether oxygens (including phenoxy) is 2. The molecule has 1 aromatic rings. The summed E-state index contributed by atoms with van der Waals surface area (Å²) < 4.78 is 11.9. The molecular formula is C13H16BrNO4. The Morgan fingerprint density at radius 2 is 2.21 bits per heavy atom. The van der Waals surface area contributed by atoms with Crippen LogP contribution in [-0.2, 0) is 4.79 Å². The highest BCUT2D eigenvalue weighted by Gasteiger charge is 2.23. The molecule has 0 radical (unpaired) electrons. The summed E-state index contributed by atoms with van der Waals surface area (Å²) in [5, 5.41) is 12.2. The third kappa shape index (κ3) is 3.19. The number of likely N-dealkylation sites (N-methyl/N-ethyl adjacent to an activating group) is 1. The van der Waals surface area contributed by atoms with Crippen molar-refractivity contribution in [2.75, 3.05) is 19.8 Å². The van der Waals surface area contributed by atoms with Crippen LogP contribution in [0.4, 0.5) is 0 Å². The lowest BCUT2D eigenvalue weighted by molar-refractivity contribution is -0.139. The van der Waals surface area contributed by atoms with E-state index in [-0.39, 0.29) is 0 Å². The maximum absolute atomic E-state index is 11.3. The first-order valence-corrected chi connectivity index (χ1v) is 6.98. The van der Waals surface area contributed by atoms with Crippen LogP contribution in [-0.4, -0.2) is 30.8 Å². The molecule has 104 valence electrons. The minimum absolute atomic E-state index is 0.571. The molecule has 0 amide bonds. The van der Waals surface area contributed by atoms with Gasteiger partial charge in [0.25, 0.3) is 0 Å². The van der Waals surface area contributed by atoms with Crippen molar-refractivity contribution in [1.29, 1.82) is 0 Å². The summed E-state index contributed by atoms with van der Waals surface area (Å²) in [5.41, 5.74) is 0.644. The Labute approximate surface area is 120 Å². The molecular weight excluding hydrogens is 314 g/mol. The summed E-state index contributed by atoms with van der Waals surface area (Å²) >= 11 is 3.41. The number of aliphatic carboxylic acids is 1. The average molecular weight is 330 g/mol. The average Bonchev–Trinajstić information content (AvgIpc) is 2.61. The highest BCUT2D eigenvalue weighted by Crippen LogP contribution is 2.39. The standard InChI is InChI=1S/C13H16BrNO4/c1-2-15-11(13(16)17)8-6-9(14)12-10(7-8)18-4-3-5-19-12/h6-7,11,15H,2-5H2,1H3,(H,16,17). The van der Waals surface area contributed by atoms with Gasteiger partial charge in [0, 0.05) is 6.42 Å². The van der Waals surface area contributed by atoms with Gasteiger partial charge in [-0.25, -0.2) is 0 Å². The van der Waals surface area contributed by atoms with E-state index < -0.39 is 12.0 Å². The van der Waals surface area contributed by atoms with Crippen LogP contribution >= 0.6 is 15.9 Å². The highest BCUT2D eigenvalue weighted by molar-refractivity contribution is 9.10. The predicted molar refractivity (Wildman–Crippen MR) is 73.8 cm³/mol. The van der Waals surface area contributed by atoms with Gasteiger partial charge in [-0.1, -0.05) is 6.92 Å². The van der Waals surface area contributed by atoms with Crippen molar-refractivity contribution >= 4 is 21.9 Å². The zero-order valence-corrected chi connectivity index (χ0v) is 12.2. The minimum Gasteiger partial charge on any atom is -0.490 e. The fraction of sp³-hybridized carbons (Fsp3) is 0.462. The molecule has 2 N–H and O–H groups in total. The number of rotatable bonds is 4. The predicted octanol–water partition coefficient (Wildman–Crippen LogP) is 2.35. The molecule has 5 nitrogen and oxygen atoms in total. The quantitative estimate of drug-likeness (QED) is 0.887. The zero-order valence-electron chi connectivity index (χ0n) is 10.6. The van der Waals surface area contributed by atoms with Gasteiger partial charge in [-0.05, 0) is 40.2 Å². The number of benzene rings is 1. The second-order valence-electron chi connectivity index (χ2n) is 4.21. The van der Waals surface area contributed by atoms with Crippen molar-refractivity contribution in [1.82, 2.24) is 5.32 Å². The van der Waals surface area contributed by atoms with E-state index in [0.29, 0.717) is 41.3 Å². The minimum atomic E-state index is -0.914. The van der Waals surface area contributed by atoms with Crippen molar-refractivity contribution in [2.24, 2.45) is 0 Å². The van der Waals surface area contributed by atoms with E-state index in [0.717, 1.165) is 6.42 Å². The van der Waals surface area contributed by atoms with Crippen LogP contribution in [0.2, 0.25) is 0 Å². The smallest absolute Gasteiger partial charge is 0.325 e. The molecule has 0 spiro atoms. The summed E-state index contributed by atoms with van der Waals surface area (Å²) in [5.74, 6) is 0.316. The SMILES string of the molecule is CCNC(C(=O)O)c1cc(Br)c2c(c1)OCCCO2. The fourth-order valence-corrected chi connectivity index (χ4v) is 2.54. The van der Waals surface area contributed by atoms with Gasteiger partial charge in [-0.2, -0.15) is 0 Å². The van der Waals surface area contributed by atoms with E-state index >= 15 is 0 Å². The molecule has 1 atom stereocenters. The Morgan fingerprint density at radius 3 is 2.89 bits per heavy atom. The first-order chi connectivity index (χ1) is 9.13. The first-order valence-electron chi connectivity index (χ1n) is 6.18. The lowest BCUT2D eigenvalue weighted by Gasteiger charge is -2.17. The van der Waals surface area contributed by atoms with Crippen LogP contribution in [0.5, 0.6) is 11.5 Å². The van der Waals surface area contributed by atoms with Gasteiger partial charge in [-0.15, -0.1) is 0 Å². The fourth-order valence-electron chi connectivity index (χ4n) is 1.97. The number of carbonyl (C=O) groups is 1. The van der Waals surface area contributed by atoms with Crippen molar-refractivity contribution in [2.45, 2.75) is 19.4 Å². The number of halogens is 1. The molecule has 0 aromatic heterocycles. The van der Waals surface area contributed by atoms with E-state index in [9.17, 15) is 9.90 Å². The van der Waals surface area contributed by atoms with E-state index in [1.54, 1.807) is 12.1 Å². The number of hydrogen-bond acceptors (Lipinski definition) is 4. The van der Waals surface area contributed by atoms with E-state index in [1.807, 2.05) is 6.92 Å². The van der Waals surface area contributed by atoms with Crippen LogP contribution in [0.3, 0.4) is 0 Å². The van der Waals surface area contributed by atoms with Crippen molar-refractivity contribution in [3.05, 3.63) is 22.2 Å². The molecule has 0 saturated heterocycles. The van der Waals surface area contributed by atoms with Gasteiger partial charge in [0.05, 0.1) is 17.7 Å². The summed E-state index contributed by atoms with van der Waals surface area (Å²) in [6.45, 7) is 3.61. The normalized spacial score (nSPS) is 15.7. The number of carboxylic acids is 1. The molecule has 0 saturated carbocycles. The van der Waals surface area contributed by atoms with Crippen LogP contribution in [0.15, 0.2) is 16.6 Å². The Hall–Kier alpha value is -1.27. The summed E-state index contributed by atoms with van der Waals surface area (Å²) in [4.78, 5) is 11.3. The number of nitrogens with one attached hydrogen (secondary N) is 1. The van der Waals surface area contributed by atoms with Crippen LogP contribution in [0.1, 0.15) is 24.9 Å². The van der Waals surface area contributed by atoms with Crippen molar-refractivity contribution < 1.29 is 19.4 Å². The molecule has 0 fully saturated rings. The van der Waals surface area contributed by atoms with Gasteiger partial charge >= 0.3 is 5.97 Å². The third-order valence-electron chi connectivity index (χ3n) is 2.81. The van der Waals surface area contributed by atoms with Gasteiger partial charge in [-0.3, -0.25) is 4.79 Å². The third-order valence-corrected chi connectivity index (χ3v) is 3.40. The second-order valence-corrected chi connectivity index (χ2v) is 5.06. The number of fused-ring (bicyclic) bond motifs is 1. The maximum Gasteiger partial charge on any atom is 0.325 e. The maximum atomic E-state index is 11.3. The summed E-state index contributed by atoms with van der Waals surface area (Å²) in [6.07, 6.45) is 0.812. The van der Waals surface area contributed by atoms with Crippen LogP contribution in [0, 0.1) is 0 Å². The summed E-state index contributed by atoms with van der Waals surface area (Å²) in [7, 11) is 0. The largest absolute Gasteiger partial charge is 0.490 e. The van der Waals surface area contributed by atoms with Crippen molar-refractivity contribution in [3.63, 3.8) is 0 Å². The lowest BCUT2D eigenvalue weighted by Crippen LogP contribution is -2.28. The van der Waals surface area contributed by atoms with Crippen LogP contribution < -0.4 is 14.8 Å². The molecule has 1 unspecified atom stereocenters. The van der Waals surface area contributed by atoms with Gasteiger partial charge in [0.15, 0.2) is 11.5 Å². The molecule has 0 bridgehead atoms. The zero-order chi connectivity index (χ0) is 13.8. The monoisotopic (exact) mass is 329 g/mol. The van der Waals surface area contributed by atoms with E-state index in [2.05, 4.69) is 21.2 Å². The topological polar surface area (TPSA) is 67.8 Å². The number of hydrogen-bond donors (Lipinski definition) is 2. The van der Waals surface area contributed by atoms with Gasteiger partial charge in [0.2, 0.25) is 0 Å². The van der Waals surface area contributed by atoms with E-state index in [1.165, 1.54) is 0 Å². The molecule has 2 rings (SSSR count). The Balaban J connectivity index is 2.39. The van der Waals surface area contributed by atoms with Crippen molar-refractivity contribution in [3.8, 4) is 11.5 Å². The molecule has 1 aromatic carbocycles. The Kier molecular flexibility index (Phi) is 4.66. The molecule has 1 heterocycles. The molecule has 6 heteroatoms. The second kappa shape index (κ2) is 6.25. The molecule has 1 aliphatic heterocycles. The number of carboxylic acid groups (broad SMARTS) is 1. The Morgan fingerprint density at radius 1 is 1.47 bits per heavy atom. The Bertz CT molecular complexity index is 478. The van der Waals surface area contributed by atoms with E-state index in [4.69, 9.17) is 9.47 Å².